The lowest BCUT2D eigenvalue weighted by molar-refractivity contribution is -0.168. The summed E-state index contributed by atoms with van der Waals surface area (Å²) in [6.45, 7) is 2.64. The molecule has 0 bridgehead atoms. The SMILES string of the molecule is CCOC(=O)C(N)(O)C(C)=O. The molecule has 1 unspecified atom stereocenters. The van der Waals surface area contributed by atoms with Gasteiger partial charge in [-0.15, -0.1) is 0 Å². The Hall–Kier alpha value is -0.940. The third-order valence-electron chi connectivity index (χ3n) is 1.12. The fourth-order valence-corrected chi connectivity index (χ4v) is 0.385. The van der Waals surface area contributed by atoms with Crippen molar-refractivity contribution in [1.82, 2.24) is 0 Å². The Kier molecular flexibility index (Phi) is 3.16. The van der Waals surface area contributed by atoms with Gasteiger partial charge in [0.05, 0.1) is 6.61 Å². The average Bonchev–Trinajstić information content (AvgIpc) is 1.88. The fraction of sp³-hybridized carbons (Fsp3) is 0.667. The standard InChI is InChI=1S/C6H11NO4/c1-3-11-5(9)6(7,10)4(2)8/h10H,3,7H2,1-2H3. The molecule has 3 N–H and O–H groups in total. The first-order valence-corrected chi connectivity index (χ1v) is 3.12. The van der Waals surface area contributed by atoms with Gasteiger partial charge in [-0.25, -0.2) is 4.79 Å². The molecule has 11 heavy (non-hydrogen) atoms. The zero-order chi connectivity index (χ0) is 9.07. The van der Waals surface area contributed by atoms with Crippen LogP contribution < -0.4 is 5.73 Å². The molecule has 0 spiro atoms. The molecule has 0 saturated carbocycles. The van der Waals surface area contributed by atoms with Crippen LogP contribution >= 0.6 is 0 Å². The zero-order valence-electron chi connectivity index (χ0n) is 6.46. The van der Waals surface area contributed by atoms with Gasteiger partial charge >= 0.3 is 5.97 Å². The summed E-state index contributed by atoms with van der Waals surface area (Å²) in [7, 11) is 0. The van der Waals surface area contributed by atoms with Gasteiger partial charge in [-0.1, -0.05) is 0 Å². The molecule has 0 rings (SSSR count). The summed E-state index contributed by atoms with van der Waals surface area (Å²) in [4.78, 5) is 21.2. The second kappa shape index (κ2) is 3.45. The number of ether oxygens (including phenoxy) is 1. The van der Waals surface area contributed by atoms with Gasteiger partial charge in [0.25, 0.3) is 5.72 Å². The molecule has 0 amide bonds. The molecule has 5 heteroatoms. The normalized spacial score (nSPS) is 15.3. The number of nitrogens with two attached hydrogens (primary N) is 1. The summed E-state index contributed by atoms with van der Waals surface area (Å²) in [6, 6.07) is 0. The van der Waals surface area contributed by atoms with Crippen molar-refractivity contribution < 1.29 is 19.4 Å². The number of hydrogen-bond acceptors (Lipinski definition) is 5. The number of rotatable bonds is 3. The Labute approximate surface area is 64.1 Å². The van der Waals surface area contributed by atoms with E-state index in [0.29, 0.717) is 0 Å². The summed E-state index contributed by atoms with van der Waals surface area (Å²) in [5, 5.41) is 8.95. The van der Waals surface area contributed by atoms with E-state index in [1.165, 1.54) is 0 Å². The molecular weight excluding hydrogens is 150 g/mol. The maximum absolute atomic E-state index is 10.7. The minimum Gasteiger partial charge on any atom is -0.462 e. The van der Waals surface area contributed by atoms with E-state index in [1.54, 1.807) is 6.92 Å². The summed E-state index contributed by atoms with van der Waals surface area (Å²) in [5.74, 6) is -1.96. The molecule has 0 aliphatic rings. The van der Waals surface area contributed by atoms with E-state index in [1.807, 2.05) is 0 Å². The number of Topliss-reactive ketones (excluding diaryl/α,β-unsaturated/α-hetero) is 1. The lowest BCUT2D eigenvalue weighted by Crippen LogP contribution is -2.54. The molecule has 64 valence electrons. The number of carbonyl (C=O) groups is 2. The van der Waals surface area contributed by atoms with Crippen molar-refractivity contribution in [3.63, 3.8) is 0 Å². The van der Waals surface area contributed by atoms with E-state index in [-0.39, 0.29) is 6.61 Å². The Morgan fingerprint density at radius 3 is 2.36 bits per heavy atom. The zero-order valence-corrected chi connectivity index (χ0v) is 6.46. The highest BCUT2D eigenvalue weighted by Crippen LogP contribution is 1.99. The Morgan fingerprint density at radius 1 is 1.64 bits per heavy atom. The molecule has 0 aromatic carbocycles. The van der Waals surface area contributed by atoms with Crippen LogP contribution in [0.1, 0.15) is 13.8 Å². The van der Waals surface area contributed by atoms with Crippen molar-refractivity contribution in [1.29, 1.82) is 0 Å². The van der Waals surface area contributed by atoms with Crippen LogP contribution in [-0.4, -0.2) is 29.2 Å². The van der Waals surface area contributed by atoms with Crippen LogP contribution in [-0.2, 0) is 14.3 Å². The number of ketones is 1. The molecule has 0 saturated heterocycles. The van der Waals surface area contributed by atoms with E-state index in [2.05, 4.69) is 4.74 Å². The van der Waals surface area contributed by atoms with E-state index in [0.717, 1.165) is 6.92 Å². The molecule has 5 nitrogen and oxygen atoms in total. The van der Waals surface area contributed by atoms with Gasteiger partial charge in [0.2, 0.25) is 0 Å². The van der Waals surface area contributed by atoms with Crippen molar-refractivity contribution in [2.45, 2.75) is 19.6 Å². The molecule has 0 aromatic rings. The Morgan fingerprint density at radius 2 is 2.09 bits per heavy atom. The lowest BCUT2D eigenvalue weighted by Gasteiger charge is -2.16. The monoisotopic (exact) mass is 161 g/mol. The first kappa shape index (κ1) is 10.1. The number of aliphatic hydroxyl groups is 1. The van der Waals surface area contributed by atoms with Gasteiger partial charge in [0.1, 0.15) is 0 Å². The first-order chi connectivity index (χ1) is 4.92. The maximum Gasteiger partial charge on any atom is 0.361 e. The van der Waals surface area contributed by atoms with Gasteiger partial charge in [-0.05, 0) is 13.8 Å². The van der Waals surface area contributed by atoms with E-state index in [4.69, 9.17) is 10.8 Å². The number of carbonyl (C=O) groups excluding carboxylic acids is 2. The number of hydrogen-bond donors (Lipinski definition) is 2. The predicted molar refractivity (Wildman–Crippen MR) is 36.5 cm³/mol. The third kappa shape index (κ3) is 2.28. The predicted octanol–water partition coefficient (Wildman–Crippen LogP) is -1.21. The van der Waals surface area contributed by atoms with Gasteiger partial charge in [-0.2, -0.15) is 0 Å². The maximum atomic E-state index is 10.7. The van der Waals surface area contributed by atoms with Crippen LogP contribution in [0.4, 0.5) is 0 Å². The van der Waals surface area contributed by atoms with Gasteiger partial charge in [-0.3, -0.25) is 10.5 Å². The molecular formula is C6H11NO4. The quantitative estimate of drug-likeness (QED) is 0.308. The second-order valence-electron chi connectivity index (χ2n) is 2.04. The summed E-state index contributed by atoms with van der Waals surface area (Å²) < 4.78 is 4.33. The number of esters is 1. The van der Waals surface area contributed by atoms with E-state index < -0.39 is 17.5 Å². The highest BCUT2D eigenvalue weighted by molar-refractivity contribution is 6.04. The highest BCUT2D eigenvalue weighted by Gasteiger charge is 2.38. The van der Waals surface area contributed by atoms with Crippen molar-refractivity contribution in [2.75, 3.05) is 6.61 Å². The minimum atomic E-state index is -2.49. The van der Waals surface area contributed by atoms with Crippen LogP contribution in [0.15, 0.2) is 0 Å². The first-order valence-electron chi connectivity index (χ1n) is 3.12. The topological polar surface area (TPSA) is 89.6 Å². The lowest BCUT2D eigenvalue weighted by atomic mass is 10.1. The van der Waals surface area contributed by atoms with Crippen LogP contribution in [0.3, 0.4) is 0 Å². The molecule has 0 aliphatic heterocycles. The Bertz CT molecular complexity index is 175. The second-order valence-corrected chi connectivity index (χ2v) is 2.04. The van der Waals surface area contributed by atoms with Crippen LogP contribution in [0, 0.1) is 0 Å². The Balaban J connectivity index is 4.30. The van der Waals surface area contributed by atoms with Crippen molar-refractivity contribution in [3.8, 4) is 0 Å². The third-order valence-corrected chi connectivity index (χ3v) is 1.12. The van der Waals surface area contributed by atoms with Crippen LogP contribution in [0.2, 0.25) is 0 Å². The van der Waals surface area contributed by atoms with Gasteiger partial charge in [0.15, 0.2) is 5.78 Å². The summed E-state index contributed by atoms with van der Waals surface area (Å²) in [5.41, 5.74) is 2.43. The van der Waals surface area contributed by atoms with Gasteiger partial charge in [0, 0.05) is 0 Å². The van der Waals surface area contributed by atoms with Crippen LogP contribution in [0.25, 0.3) is 0 Å². The van der Waals surface area contributed by atoms with Gasteiger partial charge < -0.3 is 9.84 Å². The molecule has 0 fully saturated rings. The van der Waals surface area contributed by atoms with E-state index >= 15 is 0 Å². The molecule has 0 aromatic heterocycles. The summed E-state index contributed by atoms with van der Waals surface area (Å²) >= 11 is 0. The highest BCUT2D eigenvalue weighted by atomic mass is 16.6. The van der Waals surface area contributed by atoms with Crippen molar-refractivity contribution in [2.24, 2.45) is 5.73 Å². The average molecular weight is 161 g/mol. The van der Waals surface area contributed by atoms with E-state index in [9.17, 15) is 9.59 Å². The van der Waals surface area contributed by atoms with Crippen molar-refractivity contribution in [3.05, 3.63) is 0 Å². The largest absolute Gasteiger partial charge is 0.462 e. The van der Waals surface area contributed by atoms with Crippen molar-refractivity contribution >= 4 is 11.8 Å². The van der Waals surface area contributed by atoms with Crippen LogP contribution in [0.5, 0.6) is 0 Å². The molecule has 1 atom stereocenters. The minimum absolute atomic E-state index is 0.0750. The summed E-state index contributed by atoms with van der Waals surface area (Å²) in [6.07, 6.45) is 0. The fourth-order valence-electron chi connectivity index (χ4n) is 0.385. The molecule has 0 aliphatic carbocycles. The smallest absolute Gasteiger partial charge is 0.361 e. The molecule has 0 heterocycles. The molecule has 0 radical (unpaired) electrons.